The Morgan fingerprint density at radius 2 is 1.70 bits per heavy atom. The predicted octanol–water partition coefficient (Wildman–Crippen LogP) is 2.50. The molecule has 0 atom stereocenters. The van der Waals surface area contributed by atoms with Crippen LogP contribution in [0, 0.1) is 12.3 Å². The van der Waals surface area contributed by atoms with Gasteiger partial charge >= 0.3 is 0 Å². The van der Waals surface area contributed by atoms with Gasteiger partial charge in [0, 0.05) is 16.3 Å². The van der Waals surface area contributed by atoms with Crippen molar-refractivity contribution >= 4 is 33.2 Å². The van der Waals surface area contributed by atoms with Crippen LogP contribution in [0.15, 0.2) is 53.4 Å². The Balaban J connectivity index is 2.11. The molecule has 0 fully saturated rings. The SMILES string of the molecule is C#CCNS(=O)(=O)c1ccc(C(=O)Nc2ccc(Cl)cc2)cc1. The highest BCUT2D eigenvalue weighted by atomic mass is 35.5. The van der Waals surface area contributed by atoms with Gasteiger partial charge in [-0.2, -0.15) is 4.72 Å². The largest absolute Gasteiger partial charge is 0.322 e. The summed E-state index contributed by atoms with van der Waals surface area (Å²) in [7, 11) is -3.67. The second kappa shape index (κ2) is 7.29. The van der Waals surface area contributed by atoms with E-state index in [4.69, 9.17) is 18.0 Å². The molecule has 0 aromatic heterocycles. The summed E-state index contributed by atoms with van der Waals surface area (Å²) in [4.78, 5) is 12.1. The van der Waals surface area contributed by atoms with E-state index in [0.29, 0.717) is 16.3 Å². The number of benzene rings is 2. The lowest BCUT2D eigenvalue weighted by Crippen LogP contribution is -2.24. The van der Waals surface area contributed by atoms with Gasteiger partial charge in [-0.3, -0.25) is 4.79 Å². The number of amides is 1. The number of hydrogen-bond donors (Lipinski definition) is 2. The molecule has 2 rings (SSSR count). The summed E-state index contributed by atoms with van der Waals surface area (Å²) >= 11 is 5.77. The Kier molecular flexibility index (Phi) is 5.40. The van der Waals surface area contributed by atoms with Crippen molar-refractivity contribution in [2.75, 3.05) is 11.9 Å². The number of rotatable bonds is 5. The molecule has 0 aliphatic heterocycles. The Morgan fingerprint density at radius 3 is 2.26 bits per heavy atom. The van der Waals surface area contributed by atoms with Crippen molar-refractivity contribution in [2.45, 2.75) is 4.90 Å². The van der Waals surface area contributed by atoms with Crippen molar-refractivity contribution in [1.82, 2.24) is 4.72 Å². The fraction of sp³-hybridized carbons (Fsp3) is 0.0625. The summed E-state index contributed by atoms with van der Waals surface area (Å²) < 4.78 is 26.0. The molecule has 0 bridgehead atoms. The molecule has 118 valence electrons. The number of sulfonamides is 1. The second-order valence-corrected chi connectivity index (χ2v) is 6.72. The number of halogens is 1. The van der Waals surface area contributed by atoms with Gasteiger partial charge in [-0.1, -0.05) is 17.5 Å². The Labute approximate surface area is 139 Å². The Hall–Kier alpha value is -2.33. The molecule has 0 spiro atoms. The minimum absolute atomic E-state index is 0.0378. The van der Waals surface area contributed by atoms with Crippen molar-refractivity contribution in [2.24, 2.45) is 0 Å². The first-order valence-corrected chi connectivity index (χ1v) is 8.38. The predicted molar refractivity (Wildman–Crippen MR) is 89.9 cm³/mol. The maximum absolute atomic E-state index is 12.1. The third-order valence-electron chi connectivity index (χ3n) is 2.89. The zero-order valence-corrected chi connectivity index (χ0v) is 13.5. The molecule has 0 radical (unpaired) electrons. The van der Waals surface area contributed by atoms with Gasteiger partial charge in [0.15, 0.2) is 0 Å². The average Bonchev–Trinajstić information content (AvgIpc) is 2.55. The van der Waals surface area contributed by atoms with Crippen LogP contribution >= 0.6 is 11.6 Å². The van der Waals surface area contributed by atoms with Crippen LogP contribution in [0.2, 0.25) is 5.02 Å². The Bertz CT molecular complexity index is 838. The fourth-order valence-electron chi connectivity index (χ4n) is 1.74. The molecule has 0 aliphatic carbocycles. The van der Waals surface area contributed by atoms with Gasteiger partial charge in [-0.05, 0) is 48.5 Å². The minimum Gasteiger partial charge on any atom is -0.322 e. The van der Waals surface area contributed by atoms with Gasteiger partial charge in [-0.25, -0.2) is 8.42 Å². The standard InChI is InChI=1S/C16H13ClN2O3S/c1-2-11-18-23(21,22)15-9-3-12(4-10-15)16(20)19-14-7-5-13(17)6-8-14/h1,3-10,18H,11H2,(H,19,20). The molecule has 23 heavy (non-hydrogen) atoms. The van der Waals surface area contributed by atoms with Crippen molar-refractivity contribution in [1.29, 1.82) is 0 Å². The summed E-state index contributed by atoms with van der Waals surface area (Å²) in [6.07, 6.45) is 5.02. The molecule has 2 N–H and O–H groups in total. The van der Waals surface area contributed by atoms with Gasteiger partial charge in [0.25, 0.3) is 5.91 Å². The zero-order chi connectivity index (χ0) is 16.9. The highest BCUT2D eigenvalue weighted by molar-refractivity contribution is 7.89. The normalized spacial score (nSPS) is 10.8. The van der Waals surface area contributed by atoms with Crippen molar-refractivity contribution in [3.8, 4) is 12.3 Å². The van der Waals surface area contributed by atoms with Crippen LogP contribution < -0.4 is 10.0 Å². The average molecular weight is 349 g/mol. The minimum atomic E-state index is -3.67. The van der Waals surface area contributed by atoms with E-state index < -0.39 is 10.0 Å². The molecule has 0 saturated carbocycles. The van der Waals surface area contributed by atoms with Gasteiger partial charge < -0.3 is 5.32 Å². The van der Waals surface area contributed by atoms with E-state index >= 15 is 0 Å². The van der Waals surface area contributed by atoms with Crippen molar-refractivity contribution in [3.63, 3.8) is 0 Å². The maximum Gasteiger partial charge on any atom is 0.255 e. The third-order valence-corrected chi connectivity index (χ3v) is 4.56. The van der Waals surface area contributed by atoms with E-state index in [1.807, 2.05) is 0 Å². The van der Waals surface area contributed by atoms with E-state index in [2.05, 4.69) is 16.0 Å². The van der Waals surface area contributed by atoms with E-state index in [-0.39, 0.29) is 17.3 Å². The topological polar surface area (TPSA) is 75.3 Å². The van der Waals surface area contributed by atoms with E-state index in [9.17, 15) is 13.2 Å². The summed E-state index contributed by atoms with van der Waals surface area (Å²) in [5.41, 5.74) is 0.919. The highest BCUT2D eigenvalue weighted by Gasteiger charge is 2.14. The first kappa shape index (κ1) is 17.0. The molecule has 5 nitrogen and oxygen atoms in total. The van der Waals surface area contributed by atoms with E-state index in [1.54, 1.807) is 24.3 Å². The monoisotopic (exact) mass is 348 g/mol. The smallest absolute Gasteiger partial charge is 0.255 e. The lowest BCUT2D eigenvalue weighted by molar-refractivity contribution is 0.102. The third kappa shape index (κ3) is 4.57. The van der Waals surface area contributed by atoms with Crippen molar-refractivity contribution < 1.29 is 13.2 Å². The first-order chi connectivity index (χ1) is 10.9. The van der Waals surface area contributed by atoms with Crippen LogP contribution in [0.1, 0.15) is 10.4 Å². The van der Waals surface area contributed by atoms with E-state index in [1.165, 1.54) is 24.3 Å². The van der Waals surface area contributed by atoms with Crippen LogP contribution in [0.4, 0.5) is 5.69 Å². The summed E-state index contributed by atoms with van der Waals surface area (Å²) in [6, 6.07) is 12.2. The van der Waals surface area contributed by atoms with Crippen LogP contribution in [0.5, 0.6) is 0 Å². The lowest BCUT2D eigenvalue weighted by atomic mass is 10.2. The fourth-order valence-corrected chi connectivity index (χ4v) is 2.80. The molecular weight excluding hydrogens is 336 g/mol. The molecule has 2 aromatic carbocycles. The quantitative estimate of drug-likeness (QED) is 0.815. The molecule has 2 aromatic rings. The summed E-state index contributed by atoms with van der Waals surface area (Å²) in [5.74, 6) is 1.84. The van der Waals surface area contributed by atoms with Crippen LogP contribution in [0.25, 0.3) is 0 Å². The molecule has 1 amide bonds. The second-order valence-electron chi connectivity index (χ2n) is 4.51. The molecule has 0 unspecified atom stereocenters. The van der Waals surface area contributed by atoms with Gasteiger partial charge in [-0.15, -0.1) is 6.42 Å². The summed E-state index contributed by atoms with van der Waals surface area (Å²) in [5, 5.41) is 3.26. The van der Waals surface area contributed by atoms with Crippen LogP contribution in [-0.4, -0.2) is 20.9 Å². The van der Waals surface area contributed by atoms with E-state index in [0.717, 1.165) is 0 Å². The Morgan fingerprint density at radius 1 is 1.09 bits per heavy atom. The lowest BCUT2D eigenvalue weighted by Gasteiger charge is -2.07. The first-order valence-electron chi connectivity index (χ1n) is 6.52. The van der Waals surface area contributed by atoms with Gasteiger partial charge in [0.05, 0.1) is 11.4 Å². The van der Waals surface area contributed by atoms with Crippen LogP contribution in [0.3, 0.4) is 0 Å². The number of carbonyl (C=O) groups is 1. The highest BCUT2D eigenvalue weighted by Crippen LogP contribution is 2.15. The number of terminal acetylenes is 1. The van der Waals surface area contributed by atoms with Crippen molar-refractivity contribution in [3.05, 3.63) is 59.1 Å². The number of hydrogen-bond acceptors (Lipinski definition) is 3. The number of carbonyl (C=O) groups excluding carboxylic acids is 1. The van der Waals surface area contributed by atoms with Gasteiger partial charge in [0.1, 0.15) is 0 Å². The van der Waals surface area contributed by atoms with Gasteiger partial charge in [0.2, 0.25) is 10.0 Å². The maximum atomic E-state index is 12.1. The number of nitrogens with one attached hydrogen (secondary N) is 2. The molecule has 0 heterocycles. The van der Waals surface area contributed by atoms with Crippen LogP contribution in [-0.2, 0) is 10.0 Å². The molecule has 0 aliphatic rings. The molecule has 0 saturated heterocycles. The number of anilines is 1. The molecular formula is C16H13ClN2O3S. The molecule has 7 heteroatoms. The zero-order valence-electron chi connectivity index (χ0n) is 11.9. The summed E-state index contributed by atoms with van der Waals surface area (Å²) in [6.45, 7) is -0.0961.